The van der Waals surface area contributed by atoms with E-state index in [1.54, 1.807) is 0 Å². The Bertz CT molecular complexity index is 257. The summed E-state index contributed by atoms with van der Waals surface area (Å²) < 4.78 is 0. The first kappa shape index (κ1) is 18.7. The summed E-state index contributed by atoms with van der Waals surface area (Å²) in [5, 5.41) is 40.7. The second-order valence-electron chi connectivity index (χ2n) is 3.42. The first-order chi connectivity index (χ1) is 8.23. The molecule has 0 spiro atoms. The van der Waals surface area contributed by atoms with Gasteiger partial charge in [0.2, 0.25) is 0 Å². The molecule has 0 aromatic heterocycles. The van der Waals surface area contributed by atoms with Crippen molar-refractivity contribution >= 4 is 17.9 Å². The van der Waals surface area contributed by atoms with Crippen LogP contribution in [0.2, 0.25) is 0 Å². The van der Waals surface area contributed by atoms with Gasteiger partial charge in [-0.15, -0.1) is 0 Å². The van der Waals surface area contributed by atoms with E-state index in [4.69, 9.17) is 25.5 Å². The molecule has 0 radical (unpaired) electrons. The third kappa shape index (κ3) is 10.8. The molecule has 0 saturated heterocycles. The molecule has 5 N–H and O–H groups in total. The maximum absolute atomic E-state index is 9.87. The zero-order chi connectivity index (χ0) is 14.7. The molecular weight excluding hydrogens is 248 g/mol. The lowest BCUT2D eigenvalue weighted by Crippen LogP contribution is -2.39. The second-order valence-corrected chi connectivity index (χ2v) is 3.42. The average molecular weight is 266 g/mol. The smallest absolute Gasteiger partial charge is 0.335 e. The maximum atomic E-state index is 9.87. The monoisotopic (exact) mass is 266 g/mol. The van der Waals surface area contributed by atoms with E-state index in [-0.39, 0.29) is 0 Å². The average Bonchev–Trinajstić information content (AvgIpc) is 2.27. The molecular formula is C10H18O8. The van der Waals surface area contributed by atoms with E-state index in [9.17, 15) is 14.4 Å². The van der Waals surface area contributed by atoms with Gasteiger partial charge in [0.15, 0.2) is 12.2 Å². The van der Waals surface area contributed by atoms with Crippen molar-refractivity contribution in [2.75, 3.05) is 0 Å². The maximum Gasteiger partial charge on any atom is 0.335 e. The summed E-state index contributed by atoms with van der Waals surface area (Å²) in [6, 6.07) is 0. The van der Waals surface area contributed by atoms with Crippen LogP contribution in [0.15, 0.2) is 0 Å². The van der Waals surface area contributed by atoms with Crippen LogP contribution in [-0.4, -0.2) is 55.6 Å². The highest BCUT2D eigenvalue weighted by Gasteiger charge is 2.29. The van der Waals surface area contributed by atoms with E-state index in [0.29, 0.717) is 6.42 Å². The molecule has 2 atom stereocenters. The van der Waals surface area contributed by atoms with Crippen LogP contribution in [0.4, 0.5) is 0 Å². The van der Waals surface area contributed by atoms with Crippen LogP contribution >= 0.6 is 0 Å². The van der Waals surface area contributed by atoms with Gasteiger partial charge in [-0.05, 0) is 6.42 Å². The van der Waals surface area contributed by atoms with E-state index >= 15 is 0 Å². The largest absolute Gasteiger partial charge is 0.481 e. The predicted molar refractivity (Wildman–Crippen MR) is 59.1 cm³/mol. The molecule has 0 aliphatic carbocycles. The molecule has 106 valence electrons. The summed E-state index contributed by atoms with van der Waals surface area (Å²) in [5.74, 6) is -4.22. The first-order valence-corrected chi connectivity index (χ1v) is 5.27. The Labute approximate surface area is 103 Å². The highest BCUT2D eigenvalue weighted by molar-refractivity contribution is 5.83. The quantitative estimate of drug-likeness (QED) is 0.387. The number of carboxylic acids is 3. The minimum absolute atomic E-state index is 0.327. The van der Waals surface area contributed by atoms with Gasteiger partial charge < -0.3 is 25.5 Å². The van der Waals surface area contributed by atoms with Crippen LogP contribution < -0.4 is 0 Å². The van der Waals surface area contributed by atoms with Crippen LogP contribution in [-0.2, 0) is 14.4 Å². The lowest BCUT2D eigenvalue weighted by Gasteiger charge is -2.07. The van der Waals surface area contributed by atoms with Crippen LogP contribution in [0.1, 0.15) is 32.6 Å². The molecule has 0 aliphatic heterocycles. The van der Waals surface area contributed by atoms with Crippen molar-refractivity contribution in [3.8, 4) is 0 Å². The molecule has 0 heterocycles. The number of aliphatic hydroxyl groups excluding tert-OH is 2. The number of rotatable bonds is 7. The molecule has 0 saturated carbocycles. The summed E-state index contributed by atoms with van der Waals surface area (Å²) in [6.45, 7) is 2.06. The Morgan fingerprint density at radius 2 is 1.28 bits per heavy atom. The molecule has 0 bridgehead atoms. The summed E-state index contributed by atoms with van der Waals surface area (Å²) in [7, 11) is 0. The third-order valence-corrected chi connectivity index (χ3v) is 1.80. The number of carbonyl (C=O) groups is 3. The Balaban J connectivity index is 0. The van der Waals surface area contributed by atoms with E-state index in [0.717, 1.165) is 19.3 Å². The lowest BCUT2D eigenvalue weighted by molar-refractivity contribution is -0.165. The van der Waals surface area contributed by atoms with E-state index in [1.165, 1.54) is 0 Å². The van der Waals surface area contributed by atoms with Crippen molar-refractivity contribution in [3.05, 3.63) is 0 Å². The van der Waals surface area contributed by atoms with Crippen molar-refractivity contribution in [2.24, 2.45) is 0 Å². The zero-order valence-electron chi connectivity index (χ0n) is 9.94. The van der Waals surface area contributed by atoms with E-state index < -0.39 is 30.1 Å². The van der Waals surface area contributed by atoms with Crippen molar-refractivity contribution < 1.29 is 39.9 Å². The molecule has 8 nitrogen and oxygen atoms in total. The lowest BCUT2D eigenvalue weighted by atomic mass is 10.2. The van der Waals surface area contributed by atoms with Gasteiger partial charge in [0, 0.05) is 6.42 Å². The van der Waals surface area contributed by atoms with Crippen LogP contribution in [0.25, 0.3) is 0 Å². The molecule has 0 aromatic carbocycles. The normalized spacial score (nSPS) is 12.8. The number of carboxylic acid groups (broad SMARTS) is 3. The van der Waals surface area contributed by atoms with Crippen LogP contribution in [0, 0.1) is 0 Å². The van der Waals surface area contributed by atoms with Gasteiger partial charge in [-0.1, -0.05) is 19.8 Å². The zero-order valence-corrected chi connectivity index (χ0v) is 9.94. The SMILES string of the molecule is CCCCCC(=O)O.O=C(O)C(O)C(O)C(=O)O. The number of aliphatic carboxylic acids is 3. The molecule has 2 unspecified atom stereocenters. The summed E-state index contributed by atoms with van der Waals surface area (Å²) in [5.41, 5.74) is 0. The third-order valence-electron chi connectivity index (χ3n) is 1.80. The molecule has 0 aromatic rings. The van der Waals surface area contributed by atoms with Crippen molar-refractivity contribution in [3.63, 3.8) is 0 Å². The molecule has 8 heteroatoms. The van der Waals surface area contributed by atoms with E-state index in [1.807, 2.05) is 0 Å². The van der Waals surface area contributed by atoms with Crippen molar-refractivity contribution in [1.29, 1.82) is 0 Å². The number of aliphatic hydroxyl groups is 2. The fourth-order valence-corrected chi connectivity index (χ4v) is 0.796. The Hall–Kier alpha value is -1.67. The molecule has 0 aliphatic rings. The van der Waals surface area contributed by atoms with Crippen LogP contribution in [0.5, 0.6) is 0 Å². The minimum atomic E-state index is -2.27. The fraction of sp³-hybridized carbons (Fsp3) is 0.700. The summed E-state index contributed by atoms with van der Waals surface area (Å²) in [6.07, 6.45) is -1.26. The van der Waals surface area contributed by atoms with E-state index in [2.05, 4.69) is 6.92 Å². The summed E-state index contributed by atoms with van der Waals surface area (Å²) in [4.78, 5) is 29.4. The van der Waals surface area contributed by atoms with Gasteiger partial charge in [0.25, 0.3) is 0 Å². The summed E-state index contributed by atoms with van der Waals surface area (Å²) >= 11 is 0. The van der Waals surface area contributed by atoms with Gasteiger partial charge in [0.1, 0.15) is 0 Å². The second kappa shape index (κ2) is 10.5. The topological polar surface area (TPSA) is 152 Å². The van der Waals surface area contributed by atoms with Gasteiger partial charge >= 0.3 is 17.9 Å². The van der Waals surface area contributed by atoms with Gasteiger partial charge in [-0.2, -0.15) is 0 Å². The predicted octanol–water partition coefficient (Wildman–Crippen LogP) is -0.471. The van der Waals surface area contributed by atoms with Crippen molar-refractivity contribution in [2.45, 2.75) is 44.8 Å². The van der Waals surface area contributed by atoms with Gasteiger partial charge in [0.05, 0.1) is 0 Å². The van der Waals surface area contributed by atoms with Crippen molar-refractivity contribution in [1.82, 2.24) is 0 Å². The molecule has 0 fully saturated rings. The Morgan fingerprint density at radius 3 is 1.50 bits per heavy atom. The van der Waals surface area contributed by atoms with Gasteiger partial charge in [-0.25, -0.2) is 9.59 Å². The highest BCUT2D eigenvalue weighted by atomic mass is 16.4. The highest BCUT2D eigenvalue weighted by Crippen LogP contribution is 1.97. The minimum Gasteiger partial charge on any atom is -0.481 e. The Kier molecular flexibility index (Phi) is 10.9. The number of hydrogen-bond donors (Lipinski definition) is 5. The number of hydrogen-bond acceptors (Lipinski definition) is 5. The standard InChI is InChI=1S/C6H12O2.C4H6O6/c1-2-3-4-5-6(7)8;5-1(3(7)8)2(6)4(9)10/h2-5H2,1H3,(H,7,8);1-2,5-6H,(H,7,8)(H,9,10). The van der Waals surface area contributed by atoms with Crippen LogP contribution in [0.3, 0.4) is 0 Å². The first-order valence-electron chi connectivity index (χ1n) is 5.27. The Morgan fingerprint density at radius 1 is 0.889 bits per heavy atom. The molecule has 18 heavy (non-hydrogen) atoms. The fourth-order valence-electron chi connectivity index (χ4n) is 0.796. The molecule has 0 amide bonds. The van der Waals surface area contributed by atoms with Gasteiger partial charge in [-0.3, -0.25) is 4.79 Å². The molecule has 0 rings (SSSR count). The number of unbranched alkanes of at least 4 members (excludes halogenated alkanes) is 2.